The summed E-state index contributed by atoms with van der Waals surface area (Å²) >= 11 is 6.07. The van der Waals surface area contributed by atoms with Gasteiger partial charge in [0, 0.05) is 24.3 Å². The van der Waals surface area contributed by atoms with Crippen LogP contribution in [0, 0.1) is 5.82 Å². The highest BCUT2D eigenvalue weighted by atomic mass is 35.5. The average Bonchev–Trinajstić information content (AvgIpc) is 2.63. The van der Waals surface area contributed by atoms with Crippen molar-refractivity contribution in [1.82, 2.24) is 9.29 Å². The van der Waals surface area contributed by atoms with Crippen molar-refractivity contribution in [3.8, 4) is 0 Å². The molecule has 1 saturated heterocycles. The van der Waals surface area contributed by atoms with Crippen LogP contribution in [0.4, 0.5) is 10.2 Å². The quantitative estimate of drug-likeness (QED) is 0.836. The molecule has 0 spiro atoms. The normalized spacial score (nSPS) is 17.0. The molecule has 1 aliphatic heterocycles. The molecule has 0 amide bonds. The fraction of sp³-hybridized carbons (Fsp3) is 0.353. The molecule has 1 aromatic heterocycles. The number of anilines is 1. The Kier molecular flexibility index (Phi) is 5.76. The molecule has 140 valence electrons. The van der Waals surface area contributed by atoms with Crippen molar-refractivity contribution < 1.29 is 17.5 Å². The van der Waals surface area contributed by atoms with Crippen molar-refractivity contribution >= 4 is 27.4 Å². The first-order valence-corrected chi connectivity index (χ1v) is 9.95. The van der Waals surface area contributed by atoms with Crippen molar-refractivity contribution in [2.24, 2.45) is 0 Å². The Morgan fingerprint density at radius 2 is 2.00 bits per heavy atom. The molecule has 0 radical (unpaired) electrons. The lowest BCUT2D eigenvalue weighted by molar-refractivity contribution is 0.0730. The Labute approximate surface area is 157 Å². The lowest BCUT2D eigenvalue weighted by atomic mass is 10.1. The highest BCUT2D eigenvalue weighted by Crippen LogP contribution is 2.26. The third-order valence-corrected chi connectivity index (χ3v) is 6.35. The van der Waals surface area contributed by atoms with Gasteiger partial charge in [0.25, 0.3) is 0 Å². The molecule has 0 saturated carbocycles. The molecule has 0 bridgehead atoms. The van der Waals surface area contributed by atoms with Crippen LogP contribution in [0.2, 0.25) is 5.02 Å². The van der Waals surface area contributed by atoms with E-state index in [9.17, 15) is 12.8 Å². The average molecular weight is 400 g/mol. The fourth-order valence-corrected chi connectivity index (χ4v) is 4.39. The van der Waals surface area contributed by atoms with Crippen LogP contribution < -0.4 is 5.32 Å². The van der Waals surface area contributed by atoms with E-state index in [1.54, 1.807) is 12.1 Å². The zero-order valence-corrected chi connectivity index (χ0v) is 15.7. The monoisotopic (exact) mass is 399 g/mol. The first-order chi connectivity index (χ1) is 12.4. The van der Waals surface area contributed by atoms with E-state index < -0.39 is 15.8 Å². The summed E-state index contributed by atoms with van der Waals surface area (Å²) in [6.45, 7) is 3.31. The molecule has 1 unspecified atom stereocenters. The standard InChI is InChI=1S/C17H19ClFN3O3S/c1-12(15-4-2-13(19)10-16(15)18)21-17-5-3-14(11-20-17)26(23,24)22-6-8-25-9-7-22/h2-5,10-12H,6-9H2,1H3,(H,20,21). The summed E-state index contributed by atoms with van der Waals surface area (Å²) in [5.41, 5.74) is 0.722. The van der Waals surface area contributed by atoms with Gasteiger partial charge in [0.15, 0.2) is 0 Å². The third kappa shape index (κ3) is 4.15. The smallest absolute Gasteiger partial charge is 0.244 e. The van der Waals surface area contributed by atoms with Crippen LogP contribution in [0.1, 0.15) is 18.5 Å². The molecule has 1 fully saturated rings. The van der Waals surface area contributed by atoms with Gasteiger partial charge in [-0.3, -0.25) is 0 Å². The molecule has 2 aromatic rings. The number of ether oxygens (including phenoxy) is 1. The van der Waals surface area contributed by atoms with E-state index in [0.717, 1.165) is 5.56 Å². The summed E-state index contributed by atoms with van der Waals surface area (Å²) in [6, 6.07) is 7.08. The second-order valence-electron chi connectivity index (χ2n) is 5.93. The SMILES string of the molecule is CC(Nc1ccc(S(=O)(=O)N2CCOCC2)cn1)c1ccc(F)cc1Cl. The molecular formula is C17H19ClFN3O3S. The Morgan fingerprint density at radius 1 is 1.27 bits per heavy atom. The zero-order valence-electron chi connectivity index (χ0n) is 14.2. The first-order valence-electron chi connectivity index (χ1n) is 8.13. The molecule has 6 nitrogen and oxygen atoms in total. The van der Waals surface area contributed by atoms with Crippen molar-refractivity contribution in [3.63, 3.8) is 0 Å². The molecule has 1 N–H and O–H groups in total. The van der Waals surface area contributed by atoms with E-state index in [4.69, 9.17) is 16.3 Å². The summed E-state index contributed by atoms with van der Waals surface area (Å²) in [5, 5.41) is 3.45. The van der Waals surface area contributed by atoms with Gasteiger partial charge in [-0.15, -0.1) is 0 Å². The molecule has 1 atom stereocenters. The Balaban J connectivity index is 1.73. The Hall–Kier alpha value is -1.74. The second-order valence-corrected chi connectivity index (χ2v) is 8.27. The molecule has 0 aliphatic carbocycles. The number of benzene rings is 1. The lowest BCUT2D eigenvalue weighted by Gasteiger charge is -2.26. The predicted octanol–water partition coefficient (Wildman–Crippen LogP) is 3.07. The molecule has 9 heteroatoms. The van der Waals surface area contributed by atoms with Gasteiger partial charge in [-0.25, -0.2) is 17.8 Å². The Morgan fingerprint density at radius 3 is 2.62 bits per heavy atom. The second kappa shape index (κ2) is 7.87. The topological polar surface area (TPSA) is 71.5 Å². The van der Waals surface area contributed by atoms with Crippen molar-refractivity contribution in [2.75, 3.05) is 31.6 Å². The van der Waals surface area contributed by atoms with E-state index in [-0.39, 0.29) is 10.9 Å². The largest absolute Gasteiger partial charge is 0.379 e. The van der Waals surface area contributed by atoms with Crippen LogP contribution in [0.5, 0.6) is 0 Å². The van der Waals surface area contributed by atoms with Crippen LogP contribution in [0.25, 0.3) is 0 Å². The molecule has 1 aliphatic rings. The van der Waals surface area contributed by atoms with E-state index in [0.29, 0.717) is 37.1 Å². The molecule has 3 rings (SSSR count). The van der Waals surface area contributed by atoms with Gasteiger partial charge in [-0.05, 0) is 36.8 Å². The van der Waals surface area contributed by atoms with Gasteiger partial charge in [0.2, 0.25) is 10.0 Å². The van der Waals surface area contributed by atoms with Gasteiger partial charge >= 0.3 is 0 Å². The van der Waals surface area contributed by atoms with Gasteiger partial charge in [0.05, 0.1) is 19.3 Å². The predicted molar refractivity (Wildman–Crippen MR) is 97.3 cm³/mol. The van der Waals surface area contributed by atoms with E-state index in [1.165, 1.54) is 28.7 Å². The van der Waals surface area contributed by atoms with Gasteiger partial charge < -0.3 is 10.1 Å². The number of morpholine rings is 1. The number of pyridine rings is 1. The van der Waals surface area contributed by atoms with Crippen LogP contribution in [-0.2, 0) is 14.8 Å². The number of hydrogen-bond acceptors (Lipinski definition) is 5. The minimum atomic E-state index is -3.57. The van der Waals surface area contributed by atoms with Crippen molar-refractivity contribution in [3.05, 3.63) is 52.9 Å². The first kappa shape index (κ1) is 19.0. The summed E-state index contributed by atoms with van der Waals surface area (Å²) < 4.78 is 44.9. The number of nitrogens with zero attached hydrogens (tertiary/aromatic N) is 2. The minimum absolute atomic E-state index is 0.136. The van der Waals surface area contributed by atoms with Crippen LogP contribution in [0.3, 0.4) is 0 Å². The summed E-state index contributed by atoms with van der Waals surface area (Å²) in [4.78, 5) is 4.32. The highest BCUT2D eigenvalue weighted by Gasteiger charge is 2.26. The van der Waals surface area contributed by atoms with E-state index >= 15 is 0 Å². The summed E-state index contributed by atoms with van der Waals surface area (Å²) in [5.74, 6) is 0.0977. The number of hydrogen-bond donors (Lipinski definition) is 1. The Bertz CT molecular complexity index is 871. The van der Waals surface area contributed by atoms with Gasteiger partial charge in [-0.2, -0.15) is 4.31 Å². The lowest BCUT2D eigenvalue weighted by Crippen LogP contribution is -2.40. The van der Waals surface area contributed by atoms with E-state index in [2.05, 4.69) is 10.3 Å². The third-order valence-electron chi connectivity index (χ3n) is 4.14. The molecule has 1 aromatic carbocycles. The maximum atomic E-state index is 13.2. The minimum Gasteiger partial charge on any atom is -0.379 e. The number of nitrogens with one attached hydrogen (secondary N) is 1. The van der Waals surface area contributed by atoms with Crippen molar-refractivity contribution in [2.45, 2.75) is 17.9 Å². The van der Waals surface area contributed by atoms with Gasteiger partial charge in [-0.1, -0.05) is 17.7 Å². The van der Waals surface area contributed by atoms with Crippen LogP contribution >= 0.6 is 11.6 Å². The van der Waals surface area contributed by atoms with Crippen molar-refractivity contribution in [1.29, 1.82) is 0 Å². The molecule has 2 heterocycles. The maximum absolute atomic E-state index is 13.2. The number of aromatic nitrogens is 1. The van der Waals surface area contributed by atoms with Crippen LogP contribution in [0.15, 0.2) is 41.4 Å². The van der Waals surface area contributed by atoms with Gasteiger partial charge in [0.1, 0.15) is 16.5 Å². The summed E-state index contributed by atoms with van der Waals surface area (Å²) in [7, 11) is -3.57. The van der Waals surface area contributed by atoms with E-state index in [1.807, 2.05) is 6.92 Å². The maximum Gasteiger partial charge on any atom is 0.244 e. The number of rotatable bonds is 5. The van der Waals surface area contributed by atoms with Crippen LogP contribution in [-0.4, -0.2) is 44.0 Å². The number of halogens is 2. The number of sulfonamides is 1. The summed E-state index contributed by atoms with van der Waals surface area (Å²) in [6.07, 6.45) is 1.33. The molecular weight excluding hydrogens is 381 g/mol. The zero-order chi connectivity index (χ0) is 18.7. The molecule has 26 heavy (non-hydrogen) atoms. The highest BCUT2D eigenvalue weighted by molar-refractivity contribution is 7.89. The fourth-order valence-electron chi connectivity index (χ4n) is 2.71.